The van der Waals surface area contributed by atoms with E-state index in [-0.39, 0.29) is 18.7 Å². The number of nitrogens with one attached hydrogen (secondary N) is 1. The quantitative estimate of drug-likeness (QED) is 0.744. The fraction of sp³-hybridized carbons (Fsp3) is 0.385. The lowest BCUT2D eigenvalue weighted by atomic mass is 10.1. The predicted octanol–water partition coefficient (Wildman–Crippen LogP) is 0.707. The second-order valence-electron chi connectivity index (χ2n) is 4.08. The predicted molar refractivity (Wildman–Crippen MR) is 76.2 cm³/mol. The van der Waals surface area contributed by atoms with E-state index in [0.717, 1.165) is 0 Å². The molecule has 0 amide bonds. The molecule has 0 aliphatic carbocycles. The van der Waals surface area contributed by atoms with E-state index < -0.39 is 27.7 Å². The van der Waals surface area contributed by atoms with E-state index in [2.05, 4.69) is 14.2 Å². The van der Waals surface area contributed by atoms with Crippen LogP contribution in [0, 0.1) is 0 Å². The Bertz CT molecular complexity index is 611. The number of rotatable bonds is 7. The number of carbonyl (C=O) groups is 2. The minimum atomic E-state index is -3.90. The molecule has 21 heavy (non-hydrogen) atoms. The van der Waals surface area contributed by atoms with Crippen LogP contribution in [0.15, 0.2) is 24.3 Å². The minimum Gasteiger partial charge on any atom is -0.469 e. The molecular formula is C13H17NO6S. The van der Waals surface area contributed by atoms with Crippen LogP contribution in [0.4, 0.5) is 5.69 Å². The normalized spacial score (nSPS) is 10.8. The lowest BCUT2D eigenvalue weighted by Crippen LogP contribution is -2.25. The number of carbonyl (C=O) groups excluding carboxylic acids is 2. The average molecular weight is 315 g/mol. The molecule has 1 aromatic carbocycles. The van der Waals surface area contributed by atoms with E-state index in [1.54, 1.807) is 25.1 Å². The fourth-order valence-corrected chi connectivity index (χ4v) is 2.56. The van der Waals surface area contributed by atoms with Gasteiger partial charge in [-0.3, -0.25) is 14.3 Å². The third-order valence-electron chi connectivity index (χ3n) is 2.46. The zero-order chi connectivity index (χ0) is 15.9. The molecule has 116 valence electrons. The number of hydrogen-bond donors (Lipinski definition) is 1. The van der Waals surface area contributed by atoms with Crippen LogP contribution >= 0.6 is 0 Å². The Hall–Kier alpha value is -2.09. The number of para-hydroxylation sites is 1. The molecule has 1 aromatic rings. The van der Waals surface area contributed by atoms with E-state index in [4.69, 9.17) is 0 Å². The van der Waals surface area contributed by atoms with Crippen molar-refractivity contribution in [3.05, 3.63) is 29.8 Å². The number of hydrogen-bond acceptors (Lipinski definition) is 6. The van der Waals surface area contributed by atoms with Crippen LogP contribution in [0.25, 0.3) is 0 Å². The molecule has 0 saturated carbocycles. The molecular weight excluding hydrogens is 298 g/mol. The van der Waals surface area contributed by atoms with Crippen LogP contribution in [0.2, 0.25) is 0 Å². The van der Waals surface area contributed by atoms with Gasteiger partial charge in [0.1, 0.15) is 0 Å². The first-order valence-corrected chi connectivity index (χ1v) is 7.84. The molecule has 0 aliphatic heterocycles. The third kappa shape index (κ3) is 5.82. The first kappa shape index (κ1) is 17.0. The van der Waals surface area contributed by atoms with Gasteiger partial charge in [-0.15, -0.1) is 0 Å². The van der Waals surface area contributed by atoms with Gasteiger partial charge in [0.2, 0.25) is 10.0 Å². The van der Waals surface area contributed by atoms with Crippen LogP contribution in [0.1, 0.15) is 12.5 Å². The Morgan fingerprint density at radius 1 is 1.19 bits per heavy atom. The maximum atomic E-state index is 11.9. The number of anilines is 1. The van der Waals surface area contributed by atoms with Crippen molar-refractivity contribution in [1.82, 2.24) is 0 Å². The van der Waals surface area contributed by atoms with Crippen molar-refractivity contribution in [3.63, 3.8) is 0 Å². The standard InChI is InChI=1S/C13H17NO6S/c1-3-20-13(16)9-21(17,18)14-11-7-5-4-6-10(11)8-12(15)19-2/h4-7,14H,3,8-9H2,1-2H3. The van der Waals surface area contributed by atoms with Gasteiger partial charge in [-0.25, -0.2) is 8.42 Å². The molecule has 0 aromatic heterocycles. The highest BCUT2D eigenvalue weighted by atomic mass is 32.2. The summed E-state index contributed by atoms with van der Waals surface area (Å²) in [4.78, 5) is 22.5. The molecule has 0 heterocycles. The maximum Gasteiger partial charge on any atom is 0.323 e. The molecule has 0 saturated heterocycles. The van der Waals surface area contributed by atoms with Crippen molar-refractivity contribution in [2.75, 3.05) is 24.2 Å². The van der Waals surface area contributed by atoms with Gasteiger partial charge in [0, 0.05) is 0 Å². The van der Waals surface area contributed by atoms with Crippen LogP contribution in [-0.4, -0.2) is 39.8 Å². The lowest BCUT2D eigenvalue weighted by molar-refractivity contribution is -0.140. The highest BCUT2D eigenvalue weighted by molar-refractivity contribution is 7.93. The Balaban J connectivity index is 2.87. The Morgan fingerprint density at radius 3 is 2.48 bits per heavy atom. The zero-order valence-electron chi connectivity index (χ0n) is 11.8. The molecule has 0 aliphatic rings. The summed E-state index contributed by atoms with van der Waals surface area (Å²) in [6.07, 6.45) is -0.0748. The molecule has 1 rings (SSSR count). The summed E-state index contributed by atoms with van der Waals surface area (Å²) in [7, 11) is -2.65. The molecule has 0 bridgehead atoms. The fourth-order valence-electron chi connectivity index (χ4n) is 1.56. The minimum absolute atomic E-state index is 0.0748. The van der Waals surface area contributed by atoms with Gasteiger partial charge >= 0.3 is 11.9 Å². The van der Waals surface area contributed by atoms with E-state index in [1.165, 1.54) is 13.2 Å². The highest BCUT2D eigenvalue weighted by Crippen LogP contribution is 2.17. The van der Waals surface area contributed by atoms with Crippen LogP contribution < -0.4 is 4.72 Å². The van der Waals surface area contributed by atoms with Gasteiger partial charge in [-0.1, -0.05) is 18.2 Å². The van der Waals surface area contributed by atoms with Crippen molar-refractivity contribution in [2.45, 2.75) is 13.3 Å². The molecule has 0 spiro atoms. The van der Waals surface area contributed by atoms with E-state index in [1.807, 2.05) is 0 Å². The second-order valence-corrected chi connectivity index (χ2v) is 5.80. The summed E-state index contributed by atoms with van der Waals surface area (Å²) in [5.41, 5.74) is 0.684. The molecule has 8 heteroatoms. The van der Waals surface area contributed by atoms with E-state index in [9.17, 15) is 18.0 Å². The highest BCUT2D eigenvalue weighted by Gasteiger charge is 2.19. The molecule has 1 N–H and O–H groups in total. The zero-order valence-corrected chi connectivity index (χ0v) is 12.6. The topological polar surface area (TPSA) is 98.8 Å². The third-order valence-corrected chi connectivity index (χ3v) is 3.61. The van der Waals surface area contributed by atoms with Gasteiger partial charge in [0.15, 0.2) is 5.75 Å². The number of sulfonamides is 1. The molecule has 0 radical (unpaired) electrons. The Morgan fingerprint density at radius 2 is 1.86 bits per heavy atom. The lowest BCUT2D eigenvalue weighted by Gasteiger charge is -2.11. The number of benzene rings is 1. The molecule has 7 nitrogen and oxygen atoms in total. The summed E-state index contributed by atoms with van der Waals surface area (Å²) in [5, 5.41) is 0. The first-order valence-electron chi connectivity index (χ1n) is 6.18. The largest absolute Gasteiger partial charge is 0.469 e. The number of ether oxygens (including phenoxy) is 2. The van der Waals surface area contributed by atoms with Crippen LogP contribution in [0.3, 0.4) is 0 Å². The maximum absolute atomic E-state index is 11.9. The average Bonchev–Trinajstić information content (AvgIpc) is 2.40. The number of methoxy groups -OCH3 is 1. The van der Waals surface area contributed by atoms with E-state index in [0.29, 0.717) is 5.56 Å². The SMILES string of the molecule is CCOC(=O)CS(=O)(=O)Nc1ccccc1CC(=O)OC. The van der Waals surface area contributed by atoms with Crippen molar-refractivity contribution >= 4 is 27.6 Å². The Labute approximate surface area is 123 Å². The monoisotopic (exact) mass is 315 g/mol. The molecule has 0 atom stereocenters. The van der Waals surface area contributed by atoms with Gasteiger partial charge in [0.25, 0.3) is 0 Å². The van der Waals surface area contributed by atoms with Crippen molar-refractivity contribution in [3.8, 4) is 0 Å². The van der Waals surface area contributed by atoms with E-state index >= 15 is 0 Å². The summed E-state index contributed by atoms with van der Waals surface area (Å²) >= 11 is 0. The van der Waals surface area contributed by atoms with Crippen LogP contribution in [0.5, 0.6) is 0 Å². The molecule has 0 unspecified atom stereocenters. The smallest absolute Gasteiger partial charge is 0.323 e. The summed E-state index contributed by atoms with van der Waals surface area (Å²) in [6, 6.07) is 6.38. The number of esters is 2. The van der Waals surface area contributed by atoms with Crippen molar-refractivity contribution < 1.29 is 27.5 Å². The van der Waals surface area contributed by atoms with Crippen LogP contribution in [-0.2, 0) is 35.5 Å². The Kier molecular flexibility index (Phi) is 6.16. The summed E-state index contributed by atoms with van der Waals surface area (Å²) in [5.74, 6) is -2.12. The summed E-state index contributed by atoms with van der Waals surface area (Å²) in [6.45, 7) is 1.69. The van der Waals surface area contributed by atoms with Gasteiger partial charge in [-0.05, 0) is 18.6 Å². The van der Waals surface area contributed by atoms with Crippen molar-refractivity contribution in [2.24, 2.45) is 0 Å². The van der Waals surface area contributed by atoms with Crippen molar-refractivity contribution in [1.29, 1.82) is 0 Å². The summed E-state index contributed by atoms with van der Waals surface area (Å²) < 4.78 is 35.1. The first-order chi connectivity index (χ1) is 9.88. The van der Waals surface area contributed by atoms with Gasteiger partial charge < -0.3 is 9.47 Å². The second kappa shape index (κ2) is 7.63. The molecule has 0 fully saturated rings. The van der Waals surface area contributed by atoms with Gasteiger partial charge in [0.05, 0.1) is 25.8 Å². The van der Waals surface area contributed by atoms with Gasteiger partial charge in [-0.2, -0.15) is 0 Å².